The van der Waals surface area contributed by atoms with Crippen LogP contribution in [0.4, 0.5) is 0 Å². The number of unbranched alkanes of at least 4 members (excludes halogenated alkanes) is 3. The van der Waals surface area contributed by atoms with Gasteiger partial charge in [0.15, 0.2) is 0 Å². The largest absolute Gasteiger partial charge is 0.355 e. The van der Waals surface area contributed by atoms with Crippen LogP contribution in [-0.2, 0) is 10.2 Å². The van der Waals surface area contributed by atoms with Gasteiger partial charge in [-0.1, -0.05) is 37.1 Å². The number of nitrogens with two attached hydrogens (primary N) is 1. The maximum absolute atomic E-state index is 11.9. The first kappa shape index (κ1) is 16.0. The third-order valence-corrected chi connectivity index (χ3v) is 4.55. The minimum absolute atomic E-state index is 0.197. The highest BCUT2D eigenvalue weighted by atomic mass is 16.1. The lowest BCUT2D eigenvalue weighted by atomic mass is 9.92. The van der Waals surface area contributed by atoms with Crippen LogP contribution in [-0.4, -0.2) is 19.0 Å². The normalized spacial score (nSPS) is 15.7. The van der Waals surface area contributed by atoms with Crippen LogP contribution in [0.5, 0.6) is 0 Å². The molecule has 116 valence electrons. The molecule has 3 heteroatoms. The van der Waals surface area contributed by atoms with E-state index in [9.17, 15) is 4.79 Å². The zero-order valence-corrected chi connectivity index (χ0v) is 13.2. The molecule has 1 saturated carbocycles. The summed E-state index contributed by atoms with van der Waals surface area (Å²) < 4.78 is 0. The molecule has 0 aromatic heterocycles. The molecule has 1 amide bonds. The van der Waals surface area contributed by atoms with Crippen LogP contribution in [0.1, 0.15) is 56.1 Å². The molecule has 1 fully saturated rings. The van der Waals surface area contributed by atoms with Crippen molar-refractivity contribution >= 4 is 5.91 Å². The van der Waals surface area contributed by atoms with E-state index in [1.165, 1.54) is 24.0 Å². The van der Waals surface area contributed by atoms with Crippen molar-refractivity contribution in [1.29, 1.82) is 0 Å². The number of nitrogens with one attached hydrogen (secondary N) is 1. The van der Waals surface area contributed by atoms with Crippen molar-refractivity contribution in [3.8, 4) is 0 Å². The third kappa shape index (κ3) is 4.57. The molecule has 1 aromatic carbocycles. The first-order valence-electron chi connectivity index (χ1n) is 8.21. The third-order valence-electron chi connectivity index (χ3n) is 4.55. The Morgan fingerprint density at radius 1 is 1.19 bits per heavy atom. The number of hydrogen-bond acceptors (Lipinski definition) is 2. The monoisotopic (exact) mass is 288 g/mol. The predicted molar refractivity (Wildman–Crippen MR) is 87.2 cm³/mol. The summed E-state index contributed by atoms with van der Waals surface area (Å²) in [5.41, 5.74) is 8.42. The Hall–Kier alpha value is -1.35. The van der Waals surface area contributed by atoms with E-state index in [-0.39, 0.29) is 11.3 Å². The van der Waals surface area contributed by atoms with E-state index in [1.807, 2.05) is 0 Å². The number of aryl methyl sites for hydroxylation is 1. The van der Waals surface area contributed by atoms with Crippen molar-refractivity contribution in [2.75, 3.05) is 13.1 Å². The first-order chi connectivity index (χ1) is 10.2. The van der Waals surface area contributed by atoms with Gasteiger partial charge in [0.2, 0.25) is 5.91 Å². The Morgan fingerprint density at radius 2 is 1.90 bits per heavy atom. The lowest BCUT2D eigenvalue weighted by molar-refractivity contribution is -0.121. The van der Waals surface area contributed by atoms with E-state index in [0.29, 0.717) is 6.42 Å². The molecule has 3 N–H and O–H groups in total. The zero-order valence-electron chi connectivity index (χ0n) is 13.2. The topological polar surface area (TPSA) is 55.1 Å². The molecule has 0 spiro atoms. The van der Waals surface area contributed by atoms with Gasteiger partial charge in [-0.05, 0) is 50.3 Å². The van der Waals surface area contributed by atoms with Gasteiger partial charge in [-0.3, -0.25) is 4.79 Å². The molecule has 3 nitrogen and oxygen atoms in total. The van der Waals surface area contributed by atoms with Gasteiger partial charge in [0, 0.05) is 18.4 Å². The average Bonchev–Trinajstić information content (AvgIpc) is 3.26. The molecule has 1 aliphatic carbocycles. The second-order valence-corrected chi connectivity index (χ2v) is 6.32. The Bertz CT molecular complexity index is 466. The van der Waals surface area contributed by atoms with E-state index < -0.39 is 0 Å². The van der Waals surface area contributed by atoms with Gasteiger partial charge in [-0.2, -0.15) is 0 Å². The lowest BCUT2D eigenvalue weighted by Crippen LogP contribution is -2.32. The molecule has 0 bridgehead atoms. The van der Waals surface area contributed by atoms with Crippen molar-refractivity contribution in [2.45, 2.75) is 57.3 Å². The minimum Gasteiger partial charge on any atom is -0.355 e. The van der Waals surface area contributed by atoms with E-state index in [1.54, 1.807) is 0 Å². The average molecular weight is 288 g/mol. The Balaban J connectivity index is 1.73. The molecule has 0 heterocycles. The molecule has 0 atom stereocenters. The number of hydrogen-bond donors (Lipinski definition) is 2. The minimum atomic E-state index is 0.197. The molecule has 0 radical (unpaired) electrons. The van der Waals surface area contributed by atoms with Crippen molar-refractivity contribution in [3.05, 3.63) is 35.4 Å². The number of benzene rings is 1. The summed E-state index contributed by atoms with van der Waals surface area (Å²) in [5, 5.41) is 3.14. The Labute approximate surface area is 128 Å². The van der Waals surface area contributed by atoms with Gasteiger partial charge in [-0.25, -0.2) is 0 Å². The zero-order chi connectivity index (χ0) is 15.1. The van der Waals surface area contributed by atoms with Crippen LogP contribution >= 0.6 is 0 Å². The number of amides is 1. The van der Waals surface area contributed by atoms with Crippen LogP contribution in [0, 0.1) is 6.92 Å². The molecular weight excluding hydrogens is 260 g/mol. The molecular formula is C18H28N2O. The van der Waals surface area contributed by atoms with Crippen molar-refractivity contribution in [2.24, 2.45) is 5.73 Å². The van der Waals surface area contributed by atoms with Gasteiger partial charge < -0.3 is 11.1 Å². The number of rotatable bonds is 9. The maximum atomic E-state index is 11.9. The van der Waals surface area contributed by atoms with Crippen molar-refractivity contribution < 1.29 is 4.79 Å². The van der Waals surface area contributed by atoms with Crippen LogP contribution in [0.2, 0.25) is 0 Å². The summed E-state index contributed by atoms with van der Waals surface area (Å²) in [7, 11) is 0. The molecule has 1 aromatic rings. The Morgan fingerprint density at radius 3 is 2.57 bits per heavy atom. The van der Waals surface area contributed by atoms with Gasteiger partial charge >= 0.3 is 0 Å². The number of carbonyl (C=O) groups is 1. The lowest BCUT2D eigenvalue weighted by Gasteiger charge is -2.19. The Kier molecular flexibility index (Phi) is 5.80. The fourth-order valence-corrected chi connectivity index (χ4v) is 3.00. The van der Waals surface area contributed by atoms with Crippen molar-refractivity contribution in [1.82, 2.24) is 5.32 Å². The molecule has 0 aliphatic heterocycles. The summed E-state index contributed by atoms with van der Waals surface area (Å²) >= 11 is 0. The molecule has 0 unspecified atom stereocenters. The second-order valence-electron chi connectivity index (χ2n) is 6.32. The van der Waals surface area contributed by atoms with Crippen LogP contribution in [0.25, 0.3) is 0 Å². The van der Waals surface area contributed by atoms with Crippen LogP contribution < -0.4 is 11.1 Å². The first-order valence-corrected chi connectivity index (χ1v) is 8.21. The van der Waals surface area contributed by atoms with Gasteiger partial charge in [-0.15, -0.1) is 0 Å². The predicted octanol–water partition coefficient (Wildman–Crippen LogP) is 3.05. The summed E-state index contributed by atoms with van der Waals surface area (Å²) in [4.78, 5) is 11.9. The molecule has 21 heavy (non-hydrogen) atoms. The molecule has 2 rings (SSSR count). The van der Waals surface area contributed by atoms with Crippen LogP contribution in [0.15, 0.2) is 24.3 Å². The van der Waals surface area contributed by atoms with E-state index >= 15 is 0 Å². The fraction of sp³-hybridized carbons (Fsp3) is 0.611. The molecule has 1 aliphatic rings. The highest BCUT2D eigenvalue weighted by Crippen LogP contribution is 2.48. The van der Waals surface area contributed by atoms with Crippen LogP contribution in [0.3, 0.4) is 0 Å². The number of carbonyl (C=O) groups excluding carboxylic acids is 1. The van der Waals surface area contributed by atoms with E-state index in [4.69, 9.17) is 5.73 Å². The smallest absolute Gasteiger partial charge is 0.220 e. The fourth-order valence-electron chi connectivity index (χ4n) is 3.00. The quantitative estimate of drug-likeness (QED) is 0.686. The van der Waals surface area contributed by atoms with Crippen molar-refractivity contribution in [3.63, 3.8) is 0 Å². The maximum Gasteiger partial charge on any atom is 0.220 e. The molecule has 0 saturated heterocycles. The highest BCUT2D eigenvalue weighted by Gasteiger charge is 2.44. The summed E-state index contributed by atoms with van der Waals surface area (Å²) in [5.74, 6) is 0.197. The second kappa shape index (κ2) is 7.60. The van der Waals surface area contributed by atoms with Gasteiger partial charge in [0.25, 0.3) is 0 Å². The van der Waals surface area contributed by atoms with Gasteiger partial charge in [0.05, 0.1) is 0 Å². The summed E-state index contributed by atoms with van der Waals surface area (Å²) in [6, 6.07) is 8.55. The highest BCUT2D eigenvalue weighted by molar-refractivity contribution is 5.76. The summed E-state index contributed by atoms with van der Waals surface area (Å²) in [6.07, 6.45) is 7.31. The van der Waals surface area contributed by atoms with E-state index in [2.05, 4.69) is 36.5 Å². The summed E-state index contributed by atoms with van der Waals surface area (Å²) in [6.45, 7) is 3.71. The SMILES string of the molecule is Cc1ccccc1C1(CNC(=O)CCCCCCN)CC1. The standard InChI is InChI=1S/C18H28N2O/c1-15-8-5-6-9-16(15)18(11-12-18)14-20-17(21)10-4-2-3-7-13-19/h5-6,8-9H,2-4,7,10-14,19H2,1H3,(H,20,21). The van der Waals surface area contributed by atoms with E-state index in [0.717, 1.165) is 38.8 Å². The van der Waals surface area contributed by atoms with Gasteiger partial charge in [0.1, 0.15) is 0 Å².